The molecule has 0 unspecified atom stereocenters. The van der Waals surface area contributed by atoms with Crippen LogP contribution in [-0.2, 0) is 0 Å². The molecule has 0 bridgehead atoms. The Bertz CT molecular complexity index is 232. The van der Waals surface area contributed by atoms with Crippen LogP contribution in [0, 0.1) is 0 Å². The summed E-state index contributed by atoms with van der Waals surface area (Å²) >= 11 is 5.20. The van der Waals surface area contributed by atoms with Gasteiger partial charge in [0.2, 0.25) is 0 Å². The third-order valence-corrected chi connectivity index (χ3v) is 3.26. The maximum Gasteiger partial charge on any atom is 0.166 e. The minimum atomic E-state index is 0.528. The Balaban J connectivity index is 2.21. The van der Waals surface area contributed by atoms with Crippen LogP contribution < -0.4 is 10.6 Å². The number of nitrogens with zero attached hydrogens (tertiary/aromatic N) is 1. The molecule has 2 N–H and O–H groups in total. The van der Waals surface area contributed by atoms with E-state index in [9.17, 15) is 0 Å². The zero-order valence-electron chi connectivity index (χ0n) is 10.3. The molecule has 1 rings (SSSR count). The highest BCUT2D eigenvalue weighted by Gasteiger charge is 2.20. The first-order chi connectivity index (χ1) is 7.63. The van der Waals surface area contributed by atoms with Crippen molar-refractivity contribution in [3.05, 3.63) is 12.7 Å². The van der Waals surface area contributed by atoms with Crippen LogP contribution in [0.3, 0.4) is 0 Å². The molecular weight excluding hydrogens is 218 g/mol. The van der Waals surface area contributed by atoms with Gasteiger partial charge in [-0.3, -0.25) is 0 Å². The lowest BCUT2D eigenvalue weighted by atomic mass is 10.0. The molecule has 4 heteroatoms. The molecule has 1 aliphatic rings. The molecule has 1 heterocycles. The van der Waals surface area contributed by atoms with E-state index >= 15 is 0 Å². The molecule has 0 amide bonds. The van der Waals surface area contributed by atoms with Crippen molar-refractivity contribution in [3.8, 4) is 0 Å². The number of likely N-dealkylation sites (tertiary alicyclic amines) is 1. The van der Waals surface area contributed by atoms with Gasteiger partial charge in [-0.2, -0.15) is 0 Å². The van der Waals surface area contributed by atoms with Gasteiger partial charge in [0, 0.05) is 31.7 Å². The van der Waals surface area contributed by atoms with Gasteiger partial charge in [0.05, 0.1) is 0 Å². The van der Waals surface area contributed by atoms with Crippen molar-refractivity contribution in [2.75, 3.05) is 19.6 Å². The molecule has 1 saturated heterocycles. The summed E-state index contributed by atoms with van der Waals surface area (Å²) in [5.41, 5.74) is 0. The molecule has 0 saturated carbocycles. The van der Waals surface area contributed by atoms with Gasteiger partial charge in [-0.25, -0.2) is 0 Å². The lowest BCUT2D eigenvalue weighted by molar-refractivity contribution is 0.167. The van der Waals surface area contributed by atoms with Crippen LogP contribution in [0.25, 0.3) is 0 Å². The summed E-state index contributed by atoms with van der Waals surface area (Å²) in [6.07, 6.45) is 4.16. The smallest absolute Gasteiger partial charge is 0.166 e. The summed E-state index contributed by atoms with van der Waals surface area (Å²) in [4.78, 5) is 2.51. The second kappa shape index (κ2) is 6.86. The second-order valence-electron chi connectivity index (χ2n) is 4.55. The topological polar surface area (TPSA) is 27.3 Å². The minimum absolute atomic E-state index is 0.528. The van der Waals surface area contributed by atoms with E-state index in [-0.39, 0.29) is 0 Å². The van der Waals surface area contributed by atoms with E-state index in [0.717, 1.165) is 11.7 Å². The maximum absolute atomic E-state index is 5.20. The monoisotopic (exact) mass is 241 g/mol. The molecule has 92 valence electrons. The van der Waals surface area contributed by atoms with Gasteiger partial charge in [-0.1, -0.05) is 6.08 Å². The van der Waals surface area contributed by atoms with E-state index in [2.05, 4.69) is 36.0 Å². The van der Waals surface area contributed by atoms with Crippen LogP contribution in [0.4, 0.5) is 0 Å². The number of rotatable bonds is 4. The van der Waals surface area contributed by atoms with Crippen molar-refractivity contribution >= 4 is 17.3 Å². The third-order valence-electron chi connectivity index (χ3n) is 3.00. The van der Waals surface area contributed by atoms with Crippen molar-refractivity contribution in [1.29, 1.82) is 0 Å². The first-order valence-corrected chi connectivity index (χ1v) is 6.43. The maximum atomic E-state index is 5.20. The zero-order valence-corrected chi connectivity index (χ0v) is 11.1. The van der Waals surface area contributed by atoms with Crippen molar-refractivity contribution < 1.29 is 0 Å². The highest BCUT2D eigenvalue weighted by atomic mass is 32.1. The highest BCUT2D eigenvalue weighted by Crippen LogP contribution is 2.12. The summed E-state index contributed by atoms with van der Waals surface area (Å²) in [6.45, 7) is 11.2. The van der Waals surface area contributed by atoms with Crippen molar-refractivity contribution in [2.45, 2.75) is 38.8 Å². The Hall–Kier alpha value is -0.610. The molecule has 3 nitrogen and oxygen atoms in total. The predicted molar refractivity (Wildman–Crippen MR) is 73.7 cm³/mol. The summed E-state index contributed by atoms with van der Waals surface area (Å²) < 4.78 is 0. The van der Waals surface area contributed by atoms with E-state index in [0.29, 0.717) is 12.1 Å². The fraction of sp³-hybridized carbons (Fsp3) is 0.750. The van der Waals surface area contributed by atoms with Gasteiger partial charge in [0.15, 0.2) is 5.11 Å². The second-order valence-corrected chi connectivity index (χ2v) is 4.96. The van der Waals surface area contributed by atoms with E-state index in [1.54, 1.807) is 0 Å². The van der Waals surface area contributed by atoms with Crippen LogP contribution in [0.15, 0.2) is 12.7 Å². The average molecular weight is 241 g/mol. The number of hydrogen-bond donors (Lipinski definition) is 2. The first-order valence-electron chi connectivity index (χ1n) is 6.02. The van der Waals surface area contributed by atoms with Crippen LogP contribution in [-0.4, -0.2) is 41.7 Å². The van der Waals surface area contributed by atoms with Crippen LogP contribution in [0.5, 0.6) is 0 Å². The van der Waals surface area contributed by atoms with Crippen molar-refractivity contribution in [1.82, 2.24) is 15.5 Å². The summed E-state index contributed by atoms with van der Waals surface area (Å²) in [5.74, 6) is 0. The van der Waals surface area contributed by atoms with E-state index in [1.165, 1.54) is 25.9 Å². The van der Waals surface area contributed by atoms with E-state index in [4.69, 9.17) is 12.2 Å². The molecule has 0 aromatic heterocycles. The summed E-state index contributed by atoms with van der Waals surface area (Å²) in [7, 11) is 0. The summed E-state index contributed by atoms with van der Waals surface area (Å²) in [5, 5.41) is 7.21. The lowest BCUT2D eigenvalue weighted by Crippen LogP contribution is -2.49. The largest absolute Gasteiger partial charge is 0.360 e. The molecule has 1 fully saturated rings. The third kappa shape index (κ3) is 4.49. The molecule has 0 aromatic rings. The fourth-order valence-corrected chi connectivity index (χ4v) is 2.21. The Kier molecular flexibility index (Phi) is 5.77. The van der Waals surface area contributed by atoms with Gasteiger partial charge in [-0.05, 0) is 38.9 Å². The Morgan fingerprint density at radius 3 is 2.62 bits per heavy atom. The van der Waals surface area contributed by atoms with Gasteiger partial charge in [-0.15, -0.1) is 6.58 Å². The van der Waals surface area contributed by atoms with Gasteiger partial charge in [0.25, 0.3) is 0 Å². The molecule has 0 spiro atoms. The van der Waals surface area contributed by atoms with Crippen LogP contribution >= 0.6 is 12.2 Å². The molecule has 0 aliphatic carbocycles. The molecule has 1 aliphatic heterocycles. The Labute approximate surface area is 104 Å². The van der Waals surface area contributed by atoms with Gasteiger partial charge in [0.1, 0.15) is 0 Å². The highest BCUT2D eigenvalue weighted by molar-refractivity contribution is 7.80. The number of thiocarbonyl (C=S) groups is 1. The predicted octanol–water partition coefficient (Wildman–Crippen LogP) is 1.51. The van der Waals surface area contributed by atoms with Gasteiger partial charge >= 0.3 is 0 Å². The minimum Gasteiger partial charge on any atom is -0.360 e. The van der Waals surface area contributed by atoms with Crippen molar-refractivity contribution in [2.24, 2.45) is 0 Å². The molecule has 0 aromatic carbocycles. The quantitative estimate of drug-likeness (QED) is 0.576. The van der Waals surface area contributed by atoms with Crippen LogP contribution in [0.1, 0.15) is 26.7 Å². The standard InChI is InChI=1S/C12H23N3S/c1-4-7-13-12(16)14-11-5-8-15(9-6-11)10(2)3/h4,10-11H,1,5-9H2,2-3H3,(H2,13,14,16). The van der Waals surface area contributed by atoms with Crippen molar-refractivity contribution in [3.63, 3.8) is 0 Å². The Morgan fingerprint density at radius 1 is 1.50 bits per heavy atom. The lowest BCUT2D eigenvalue weighted by Gasteiger charge is -2.35. The van der Waals surface area contributed by atoms with Crippen LogP contribution in [0.2, 0.25) is 0 Å². The van der Waals surface area contributed by atoms with Gasteiger partial charge < -0.3 is 15.5 Å². The molecular formula is C12H23N3S. The van der Waals surface area contributed by atoms with E-state index < -0.39 is 0 Å². The average Bonchev–Trinajstić information content (AvgIpc) is 2.27. The summed E-state index contributed by atoms with van der Waals surface area (Å²) in [6, 6.07) is 1.19. The van der Waals surface area contributed by atoms with E-state index in [1.807, 2.05) is 6.08 Å². The first kappa shape index (κ1) is 13.5. The fourth-order valence-electron chi connectivity index (χ4n) is 1.96. The number of nitrogens with one attached hydrogen (secondary N) is 2. The Morgan fingerprint density at radius 2 is 2.12 bits per heavy atom. The number of piperidine rings is 1. The molecule has 16 heavy (non-hydrogen) atoms. The SMILES string of the molecule is C=CCNC(=S)NC1CCN(C(C)C)CC1. The normalized spacial score (nSPS) is 18.4. The molecule has 0 radical (unpaired) electrons. The number of hydrogen-bond acceptors (Lipinski definition) is 2. The molecule has 0 atom stereocenters. The zero-order chi connectivity index (χ0) is 12.0.